The summed E-state index contributed by atoms with van der Waals surface area (Å²) in [7, 11) is 1.73. The van der Waals surface area contributed by atoms with Gasteiger partial charge in [0.05, 0.1) is 23.8 Å². The van der Waals surface area contributed by atoms with E-state index in [0.717, 1.165) is 68.8 Å². The molecule has 2 aromatic heterocycles. The number of anilines is 2. The van der Waals surface area contributed by atoms with Crippen molar-refractivity contribution in [2.24, 2.45) is 5.41 Å². The Morgan fingerprint density at radius 1 is 1.12 bits per heavy atom. The maximum absolute atomic E-state index is 9.68. The van der Waals surface area contributed by atoms with Crippen LogP contribution < -0.4 is 16.0 Å². The van der Waals surface area contributed by atoms with Gasteiger partial charge >= 0.3 is 0 Å². The van der Waals surface area contributed by atoms with E-state index in [4.69, 9.17) is 14.5 Å². The number of ether oxygens (including phenoxy) is 2. The average Bonchev–Trinajstić information content (AvgIpc) is 2.90. The van der Waals surface area contributed by atoms with Crippen LogP contribution in [0.25, 0.3) is 11.3 Å². The molecule has 0 spiro atoms. The molecule has 9 heteroatoms. The van der Waals surface area contributed by atoms with Gasteiger partial charge in [0.1, 0.15) is 5.82 Å². The maximum atomic E-state index is 9.68. The van der Waals surface area contributed by atoms with Gasteiger partial charge < -0.3 is 25.4 Å². The monoisotopic (exact) mass is 465 g/mol. The summed E-state index contributed by atoms with van der Waals surface area (Å²) in [5, 5.41) is 20.1. The van der Waals surface area contributed by atoms with Crippen LogP contribution in [0.15, 0.2) is 30.6 Å². The van der Waals surface area contributed by atoms with Crippen LogP contribution in [0.4, 0.5) is 11.8 Å². The summed E-state index contributed by atoms with van der Waals surface area (Å²) in [4.78, 5) is 13.6. The highest BCUT2D eigenvalue weighted by Crippen LogP contribution is 2.30. The molecule has 2 aliphatic rings. The van der Waals surface area contributed by atoms with Crippen LogP contribution in [0.5, 0.6) is 0 Å². The van der Waals surface area contributed by atoms with E-state index >= 15 is 0 Å². The maximum Gasteiger partial charge on any atom is 0.223 e. The van der Waals surface area contributed by atoms with E-state index < -0.39 is 5.41 Å². The number of pyridine rings is 1. The zero-order chi connectivity index (χ0) is 23.6. The lowest BCUT2D eigenvalue weighted by atomic mass is 9.82. The van der Waals surface area contributed by atoms with Crippen LogP contribution in [0.3, 0.4) is 0 Å². The number of nitrogens with one attached hydrogen (secondary N) is 3. The van der Waals surface area contributed by atoms with E-state index in [-0.39, 0.29) is 0 Å². The zero-order valence-corrected chi connectivity index (χ0v) is 19.9. The third-order valence-electron chi connectivity index (χ3n) is 6.81. The highest BCUT2D eigenvalue weighted by molar-refractivity contribution is 5.63. The number of hydrogen-bond donors (Lipinski definition) is 3. The minimum absolute atomic E-state index is 0.382. The molecule has 0 aromatic carbocycles. The second kappa shape index (κ2) is 12.1. The first-order valence-electron chi connectivity index (χ1n) is 12.2. The van der Waals surface area contributed by atoms with Gasteiger partial charge in [-0.05, 0) is 56.7 Å². The van der Waals surface area contributed by atoms with Gasteiger partial charge in [-0.3, -0.25) is 0 Å². The smallest absolute Gasteiger partial charge is 0.223 e. The minimum Gasteiger partial charge on any atom is -0.383 e. The Labute approximate surface area is 201 Å². The van der Waals surface area contributed by atoms with E-state index in [1.165, 1.54) is 0 Å². The normalized spacial score (nSPS) is 22.0. The van der Waals surface area contributed by atoms with Crippen molar-refractivity contribution in [1.29, 1.82) is 5.26 Å². The van der Waals surface area contributed by atoms with Crippen LogP contribution in [0, 0.1) is 16.7 Å². The van der Waals surface area contributed by atoms with Crippen LogP contribution in [0.1, 0.15) is 38.5 Å². The van der Waals surface area contributed by atoms with Crippen LogP contribution in [-0.4, -0.2) is 67.1 Å². The van der Waals surface area contributed by atoms with Gasteiger partial charge in [-0.1, -0.05) is 0 Å². The molecule has 2 aromatic rings. The minimum atomic E-state index is -0.403. The average molecular weight is 466 g/mol. The van der Waals surface area contributed by atoms with Gasteiger partial charge in [0.15, 0.2) is 0 Å². The highest BCUT2D eigenvalue weighted by atomic mass is 16.5. The van der Waals surface area contributed by atoms with E-state index in [9.17, 15) is 5.26 Å². The van der Waals surface area contributed by atoms with E-state index in [1.807, 2.05) is 18.2 Å². The lowest BCUT2D eigenvalue weighted by Gasteiger charge is -2.30. The Morgan fingerprint density at radius 3 is 2.65 bits per heavy atom. The lowest BCUT2D eigenvalue weighted by Crippen LogP contribution is -2.38. The van der Waals surface area contributed by atoms with Gasteiger partial charge in [0, 0.05) is 63.5 Å². The second-order valence-electron chi connectivity index (χ2n) is 9.19. The standard InChI is InChI=1S/C25H35N7O2/c1-33-15-12-27-20-2-4-21(5-3-20)31-24-29-11-7-22(32-24)19-6-10-28-23(16-19)30-18-25(17-26)8-13-34-14-9-25/h6-7,10-11,16,20-21,27H,2-5,8-9,12-15,18H2,1H3,(H,28,30)(H,29,31,32). The molecule has 182 valence electrons. The Bertz CT molecular complexity index is 950. The molecule has 2 fully saturated rings. The fourth-order valence-corrected chi connectivity index (χ4v) is 4.62. The summed E-state index contributed by atoms with van der Waals surface area (Å²) in [6.07, 6.45) is 9.50. The summed E-state index contributed by atoms with van der Waals surface area (Å²) in [5.41, 5.74) is 1.41. The zero-order valence-electron chi connectivity index (χ0n) is 19.9. The predicted octanol–water partition coefficient (Wildman–Crippen LogP) is 3.23. The summed E-state index contributed by atoms with van der Waals surface area (Å²) >= 11 is 0. The number of methoxy groups -OCH3 is 1. The Kier molecular flexibility index (Phi) is 8.63. The summed E-state index contributed by atoms with van der Waals surface area (Å²) in [6.45, 7) is 3.47. The van der Waals surface area contributed by atoms with Crippen molar-refractivity contribution in [2.75, 3.05) is 50.7 Å². The van der Waals surface area contributed by atoms with Gasteiger partial charge in [-0.15, -0.1) is 0 Å². The Morgan fingerprint density at radius 2 is 1.88 bits per heavy atom. The molecule has 0 radical (unpaired) electrons. The number of aromatic nitrogens is 3. The largest absolute Gasteiger partial charge is 0.383 e. The number of nitrogens with zero attached hydrogens (tertiary/aromatic N) is 4. The van der Waals surface area contributed by atoms with Gasteiger partial charge in [-0.2, -0.15) is 5.26 Å². The van der Waals surface area contributed by atoms with Crippen molar-refractivity contribution in [3.63, 3.8) is 0 Å². The van der Waals surface area contributed by atoms with Crippen molar-refractivity contribution in [3.05, 3.63) is 30.6 Å². The third kappa shape index (κ3) is 6.63. The quantitative estimate of drug-likeness (QED) is 0.455. The van der Waals surface area contributed by atoms with Crippen molar-refractivity contribution >= 4 is 11.8 Å². The molecule has 0 amide bonds. The van der Waals surface area contributed by atoms with Gasteiger partial charge in [0.25, 0.3) is 0 Å². The fraction of sp³-hybridized carbons (Fsp3) is 0.600. The number of nitriles is 1. The van der Waals surface area contributed by atoms with Gasteiger partial charge in [-0.25, -0.2) is 15.0 Å². The van der Waals surface area contributed by atoms with Crippen LogP contribution in [-0.2, 0) is 9.47 Å². The molecule has 1 aliphatic carbocycles. The first-order chi connectivity index (χ1) is 16.7. The lowest BCUT2D eigenvalue weighted by molar-refractivity contribution is 0.0455. The van der Waals surface area contributed by atoms with E-state index in [2.05, 4.69) is 32.0 Å². The molecule has 0 unspecified atom stereocenters. The molecule has 1 aliphatic heterocycles. The molecule has 0 bridgehead atoms. The molecule has 1 saturated carbocycles. The Balaban J connectivity index is 1.33. The fourth-order valence-electron chi connectivity index (χ4n) is 4.62. The summed E-state index contributed by atoms with van der Waals surface area (Å²) in [6, 6.07) is 9.27. The van der Waals surface area contributed by atoms with Crippen molar-refractivity contribution in [2.45, 2.75) is 50.6 Å². The van der Waals surface area contributed by atoms with Crippen molar-refractivity contribution in [1.82, 2.24) is 20.3 Å². The van der Waals surface area contributed by atoms with E-state index in [0.29, 0.717) is 37.8 Å². The molecule has 0 atom stereocenters. The molecule has 1 saturated heterocycles. The van der Waals surface area contributed by atoms with Crippen molar-refractivity contribution in [3.8, 4) is 17.3 Å². The SMILES string of the molecule is COCCNC1CCC(Nc2nccc(-c3ccnc(NCC4(C#N)CCOCC4)c3)n2)CC1. The molecule has 34 heavy (non-hydrogen) atoms. The summed E-state index contributed by atoms with van der Waals surface area (Å²) < 4.78 is 10.5. The first kappa shape index (κ1) is 24.3. The van der Waals surface area contributed by atoms with E-state index in [1.54, 1.807) is 19.5 Å². The first-order valence-corrected chi connectivity index (χ1v) is 12.2. The topological polar surface area (TPSA) is 117 Å². The molecule has 9 nitrogen and oxygen atoms in total. The molecule has 3 heterocycles. The number of hydrogen-bond acceptors (Lipinski definition) is 9. The number of rotatable bonds is 10. The van der Waals surface area contributed by atoms with Crippen LogP contribution in [0.2, 0.25) is 0 Å². The molecular weight excluding hydrogens is 430 g/mol. The highest BCUT2D eigenvalue weighted by Gasteiger charge is 2.32. The van der Waals surface area contributed by atoms with Gasteiger partial charge in [0.2, 0.25) is 5.95 Å². The van der Waals surface area contributed by atoms with Crippen LogP contribution >= 0.6 is 0 Å². The Hall–Kier alpha value is -2.80. The van der Waals surface area contributed by atoms with Crippen molar-refractivity contribution < 1.29 is 9.47 Å². The second-order valence-corrected chi connectivity index (χ2v) is 9.19. The molecular formula is C25H35N7O2. The predicted molar refractivity (Wildman–Crippen MR) is 131 cm³/mol. The molecule has 4 rings (SSSR count). The summed E-state index contributed by atoms with van der Waals surface area (Å²) in [5.74, 6) is 1.40. The molecule has 3 N–H and O–H groups in total. The third-order valence-corrected chi connectivity index (χ3v) is 6.81.